The number of benzene rings is 1. The van der Waals surface area contributed by atoms with Crippen molar-refractivity contribution in [3.05, 3.63) is 48.3 Å². The van der Waals surface area contributed by atoms with Gasteiger partial charge in [0.1, 0.15) is 0 Å². The normalized spacial score (nSPS) is 12.1. The van der Waals surface area contributed by atoms with E-state index in [9.17, 15) is 4.79 Å². The third kappa shape index (κ3) is 3.43. The van der Waals surface area contributed by atoms with Crippen LogP contribution in [0.5, 0.6) is 0 Å². The standard InChI is InChI=1S/C14H17N3O3/c1-20-10-12(9-18)16-14(19)11-3-5-13(6-4-11)17-8-2-7-15-17/h2-8,12,18H,9-10H2,1H3,(H,16,19). The zero-order chi connectivity index (χ0) is 14.4. The van der Waals surface area contributed by atoms with Gasteiger partial charge in [-0.2, -0.15) is 5.10 Å². The molecule has 0 saturated heterocycles. The molecule has 2 N–H and O–H groups in total. The number of ether oxygens (including phenoxy) is 1. The lowest BCUT2D eigenvalue weighted by Gasteiger charge is -2.15. The van der Waals surface area contributed by atoms with Crippen molar-refractivity contribution in [2.24, 2.45) is 0 Å². The van der Waals surface area contributed by atoms with Crippen molar-refractivity contribution in [2.45, 2.75) is 6.04 Å². The fraction of sp³-hybridized carbons (Fsp3) is 0.286. The van der Waals surface area contributed by atoms with Crippen LogP contribution in [-0.2, 0) is 4.74 Å². The van der Waals surface area contributed by atoms with Gasteiger partial charge in [0.2, 0.25) is 0 Å². The van der Waals surface area contributed by atoms with E-state index in [2.05, 4.69) is 10.4 Å². The lowest BCUT2D eigenvalue weighted by atomic mass is 10.2. The zero-order valence-corrected chi connectivity index (χ0v) is 11.2. The van der Waals surface area contributed by atoms with E-state index in [1.54, 1.807) is 23.0 Å². The molecule has 0 bridgehead atoms. The highest BCUT2D eigenvalue weighted by Gasteiger charge is 2.12. The van der Waals surface area contributed by atoms with Gasteiger partial charge >= 0.3 is 0 Å². The Morgan fingerprint density at radius 1 is 1.45 bits per heavy atom. The number of nitrogens with zero attached hydrogens (tertiary/aromatic N) is 2. The molecule has 0 saturated carbocycles. The first-order valence-corrected chi connectivity index (χ1v) is 6.25. The Morgan fingerprint density at radius 3 is 2.75 bits per heavy atom. The SMILES string of the molecule is COCC(CO)NC(=O)c1ccc(-n2cccn2)cc1. The number of carbonyl (C=O) groups excluding carboxylic acids is 1. The molecule has 0 aliphatic heterocycles. The fourth-order valence-electron chi connectivity index (χ4n) is 1.80. The molecule has 1 aromatic heterocycles. The second-order valence-electron chi connectivity index (χ2n) is 4.31. The number of hydrogen-bond acceptors (Lipinski definition) is 4. The number of methoxy groups -OCH3 is 1. The number of aromatic nitrogens is 2. The third-order valence-electron chi connectivity index (χ3n) is 2.82. The molecule has 0 fully saturated rings. The number of carbonyl (C=O) groups is 1. The van der Waals surface area contributed by atoms with Crippen LogP contribution in [0.4, 0.5) is 0 Å². The van der Waals surface area contributed by atoms with Crippen LogP contribution in [0.25, 0.3) is 5.69 Å². The van der Waals surface area contributed by atoms with E-state index in [0.717, 1.165) is 5.69 Å². The van der Waals surface area contributed by atoms with Crippen molar-refractivity contribution < 1.29 is 14.6 Å². The molecular formula is C14H17N3O3. The molecule has 106 valence electrons. The molecule has 1 aromatic carbocycles. The van der Waals surface area contributed by atoms with Gasteiger partial charge < -0.3 is 15.2 Å². The highest BCUT2D eigenvalue weighted by molar-refractivity contribution is 5.94. The van der Waals surface area contributed by atoms with Crippen LogP contribution in [0.3, 0.4) is 0 Å². The Hall–Kier alpha value is -2.18. The van der Waals surface area contributed by atoms with Gasteiger partial charge in [0.05, 0.1) is 24.9 Å². The van der Waals surface area contributed by atoms with Crippen LogP contribution >= 0.6 is 0 Å². The molecule has 1 heterocycles. The van der Waals surface area contributed by atoms with Gasteiger partial charge in [-0.1, -0.05) is 0 Å². The molecule has 1 amide bonds. The van der Waals surface area contributed by atoms with E-state index >= 15 is 0 Å². The maximum Gasteiger partial charge on any atom is 0.251 e. The predicted octanol–water partition coefficient (Wildman–Crippen LogP) is 0.609. The van der Waals surface area contributed by atoms with Gasteiger partial charge in [-0.05, 0) is 30.3 Å². The smallest absolute Gasteiger partial charge is 0.251 e. The highest BCUT2D eigenvalue weighted by Crippen LogP contribution is 2.08. The number of amides is 1. The van der Waals surface area contributed by atoms with E-state index in [1.165, 1.54) is 7.11 Å². The van der Waals surface area contributed by atoms with E-state index in [0.29, 0.717) is 5.56 Å². The summed E-state index contributed by atoms with van der Waals surface area (Å²) in [6.45, 7) is 0.110. The highest BCUT2D eigenvalue weighted by atomic mass is 16.5. The monoisotopic (exact) mass is 275 g/mol. The molecule has 6 heteroatoms. The molecular weight excluding hydrogens is 258 g/mol. The van der Waals surface area contributed by atoms with Gasteiger partial charge in [-0.3, -0.25) is 4.79 Å². The van der Waals surface area contributed by atoms with Crippen molar-refractivity contribution in [2.75, 3.05) is 20.3 Å². The molecule has 0 aliphatic carbocycles. The molecule has 20 heavy (non-hydrogen) atoms. The molecule has 2 rings (SSSR count). The topological polar surface area (TPSA) is 76.4 Å². The maximum absolute atomic E-state index is 12.0. The Labute approximate surface area is 117 Å². The third-order valence-corrected chi connectivity index (χ3v) is 2.82. The minimum atomic E-state index is -0.404. The molecule has 6 nitrogen and oxygen atoms in total. The summed E-state index contributed by atoms with van der Waals surface area (Å²) in [6.07, 6.45) is 3.52. The second-order valence-corrected chi connectivity index (χ2v) is 4.31. The van der Waals surface area contributed by atoms with Crippen LogP contribution in [0.2, 0.25) is 0 Å². The molecule has 0 spiro atoms. The number of nitrogens with one attached hydrogen (secondary N) is 1. The van der Waals surface area contributed by atoms with Crippen LogP contribution < -0.4 is 5.32 Å². The van der Waals surface area contributed by atoms with E-state index < -0.39 is 6.04 Å². The summed E-state index contributed by atoms with van der Waals surface area (Å²) in [6, 6.07) is 8.48. The Balaban J connectivity index is 2.04. The van der Waals surface area contributed by atoms with Gasteiger partial charge in [-0.25, -0.2) is 4.68 Å². The number of aliphatic hydroxyl groups excluding tert-OH is 1. The second kappa shape index (κ2) is 6.83. The van der Waals surface area contributed by atoms with Crippen LogP contribution in [0.15, 0.2) is 42.7 Å². The van der Waals surface area contributed by atoms with Gasteiger partial charge in [0.25, 0.3) is 5.91 Å². The summed E-state index contributed by atoms with van der Waals surface area (Å²) in [7, 11) is 1.52. The predicted molar refractivity (Wildman–Crippen MR) is 73.8 cm³/mol. The largest absolute Gasteiger partial charge is 0.394 e. The maximum atomic E-state index is 12.0. The summed E-state index contributed by atoms with van der Waals surface area (Å²) in [4.78, 5) is 12.0. The quantitative estimate of drug-likeness (QED) is 0.810. The summed E-state index contributed by atoms with van der Waals surface area (Å²) >= 11 is 0. The average molecular weight is 275 g/mol. The van der Waals surface area contributed by atoms with Crippen molar-refractivity contribution in [3.8, 4) is 5.69 Å². The number of hydrogen-bond donors (Lipinski definition) is 2. The molecule has 2 aromatic rings. The van der Waals surface area contributed by atoms with Crippen molar-refractivity contribution in [1.29, 1.82) is 0 Å². The summed E-state index contributed by atoms with van der Waals surface area (Å²) in [5.41, 5.74) is 1.40. The van der Waals surface area contributed by atoms with Crippen molar-refractivity contribution in [1.82, 2.24) is 15.1 Å². The fourth-order valence-corrected chi connectivity index (χ4v) is 1.80. The van der Waals surface area contributed by atoms with Gasteiger partial charge in [0, 0.05) is 25.1 Å². The number of rotatable bonds is 6. The van der Waals surface area contributed by atoms with Crippen LogP contribution in [0.1, 0.15) is 10.4 Å². The van der Waals surface area contributed by atoms with E-state index in [-0.39, 0.29) is 19.1 Å². The van der Waals surface area contributed by atoms with Crippen LogP contribution in [0, 0.1) is 0 Å². The zero-order valence-electron chi connectivity index (χ0n) is 11.2. The van der Waals surface area contributed by atoms with Crippen molar-refractivity contribution in [3.63, 3.8) is 0 Å². The number of aliphatic hydroxyl groups is 1. The summed E-state index contributed by atoms with van der Waals surface area (Å²) < 4.78 is 6.62. The van der Waals surface area contributed by atoms with Gasteiger partial charge in [0.15, 0.2) is 0 Å². The van der Waals surface area contributed by atoms with Crippen LogP contribution in [-0.4, -0.2) is 47.2 Å². The first kappa shape index (κ1) is 14.2. The first-order chi connectivity index (χ1) is 9.74. The van der Waals surface area contributed by atoms with Gasteiger partial charge in [-0.15, -0.1) is 0 Å². The summed E-state index contributed by atoms with van der Waals surface area (Å²) in [5.74, 6) is -0.242. The molecule has 0 aliphatic rings. The van der Waals surface area contributed by atoms with E-state index in [4.69, 9.17) is 9.84 Å². The lowest BCUT2D eigenvalue weighted by Crippen LogP contribution is -2.40. The molecule has 1 atom stereocenters. The van der Waals surface area contributed by atoms with E-state index in [1.807, 2.05) is 24.4 Å². The average Bonchev–Trinajstić information content (AvgIpc) is 3.01. The Bertz CT molecular complexity index is 537. The summed E-state index contributed by atoms with van der Waals surface area (Å²) in [5, 5.41) is 15.9. The minimum Gasteiger partial charge on any atom is -0.394 e. The minimum absolute atomic E-state index is 0.162. The van der Waals surface area contributed by atoms with Crippen molar-refractivity contribution >= 4 is 5.91 Å². The molecule has 1 unspecified atom stereocenters. The Kier molecular flexibility index (Phi) is 4.86. The lowest BCUT2D eigenvalue weighted by molar-refractivity contribution is 0.0839. The Morgan fingerprint density at radius 2 is 2.20 bits per heavy atom. The molecule has 0 radical (unpaired) electrons. The first-order valence-electron chi connectivity index (χ1n) is 6.25.